The summed E-state index contributed by atoms with van der Waals surface area (Å²) in [6, 6.07) is -4.33. The van der Waals surface area contributed by atoms with Crippen LogP contribution in [0.1, 0.15) is 53.9 Å². The fraction of sp³-hybridized carbons (Fsp3) is 0.737. The van der Waals surface area contributed by atoms with Crippen molar-refractivity contribution in [2.75, 3.05) is 0 Å². The van der Waals surface area contributed by atoms with E-state index >= 15 is 0 Å². The zero-order chi connectivity index (χ0) is 23.6. The summed E-state index contributed by atoms with van der Waals surface area (Å²) in [5, 5.41) is 25.1. The number of carboxylic acids is 2. The van der Waals surface area contributed by atoms with Gasteiger partial charge in [0.05, 0.1) is 6.04 Å². The molecule has 0 fully saturated rings. The molecule has 0 aliphatic rings. The maximum Gasteiger partial charge on any atom is 0.325 e. The number of nitrogens with two attached hydrogens (primary N) is 1. The molecule has 11 nitrogen and oxygen atoms in total. The number of carbonyl (C=O) groups is 5. The summed E-state index contributed by atoms with van der Waals surface area (Å²) in [6.45, 7) is 8.22. The van der Waals surface area contributed by atoms with Gasteiger partial charge in [0.1, 0.15) is 18.1 Å². The minimum atomic E-state index is -1.23. The zero-order valence-electron chi connectivity index (χ0n) is 18.1. The molecule has 0 heterocycles. The number of hydrogen-bond donors (Lipinski definition) is 6. The van der Waals surface area contributed by atoms with Gasteiger partial charge < -0.3 is 31.9 Å². The van der Waals surface area contributed by atoms with Crippen LogP contribution in [0.4, 0.5) is 0 Å². The average Bonchev–Trinajstić information content (AvgIpc) is 2.66. The molecule has 0 saturated heterocycles. The Morgan fingerprint density at radius 3 is 1.87 bits per heavy atom. The molecule has 172 valence electrons. The molecule has 5 atom stereocenters. The number of hydrogen-bond acceptors (Lipinski definition) is 6. The van der Waals surface area contributed by atoms with Gasteiger partial charge >= 0.3 is 11.9 Å². The standard InChI is InChI=1S/C19H34N4O7/c1-6-10(4)14(20)17(27)22-12(7-8-13(24)25)16(26)23-15(9(2)3)18(28)21-11(5)19(29)30/h9-12,14-15H,6-8,20H2,1-5H3,(H,21,28)(H,22,27)(H,23,26)(H,24,25)(H,29,30). The van der Waals surface area contributed by atoms with Crippen LogP contribution in [0.3, 0.4) is 0 Å². The predicted molar refractivity (Wildman–Crippen MR) is 108 cm³/mol. The summed E-state index contributed by atoms with van der Waals surface area (Å²) >= 11 is 0. The van der Waals surface area contributed by atoms with Gasteiger partial charge in [-0.25, -0.2) is 0 Å². The molecule has 11 heteroatoms. The first kappa shape index (κ1) is 27.3. The lowest BCUT2D eigenvalue weighted by Gasteiger charge is -2.27. The largest absolute Gasteiger partial charge is 0.481 e. The minimum Gasteiger partial charge on any atom is -0.481 e. The van der Waals surface area contributed by atoms with E-state index in [-0.39, 0.29) is 18.8 Å². The van der Waals surface area contributed by atoms with Crippen molar-refractivity contribution in [1.82, 2.24) is 16.0 Å². The first-order valence-corrected chi connectivity index (χ1v) is 9.93. The van der Waals surface area contributed by atoms with Crippen LogP contribution in [0.25, 0.3) is 0 Å². The number of amides is 3. The Kier molecular flexibility index (Phi) is 11.6. The van der Waals surface area contributed by atoms with E-state index in [0.717, 1.165) is 0 Å². The molecule has 0 radical (unpaired) electrons. The van der Waals surface area contributed by atoms with Crippen LogP contribution in [0.5, 0.6) is 0 Å². The van der Waals surface area contributed by atoms with Crippen molar-refractivity contribution in [2.45, 2.75) is 78.0 Å². The van der Waals surface area contributed by atoms with Crippen LogP contribution in [0.2, 0.25) is 0 Å². The smallest absolute Gasteiger partial charge is 0.325 e. The Morgan fingerprint density at radius 1 is 0.867 bits per heavy atom. The molecule has 0 saturated carbocycles. The van der Waals surface area contributed by atoms with Crippen molar-refractivity contribution in [3.05, 3.63) is 0 Å². The van der Waals surface area contributed by atoms with E-state index in [1.54, 1.807) is 20.8 Å². The summed E-state index contributed by atoms with van der Waals surface area (Å²) in [5.41, 5.74) is 5.88. The van der Waals surface area contributed by atoms with Gasteiger partial charge in [0.15, 0.2) is 0 Å². The second-order valence-electron chi connectivity index (χ2n) is 7.70. The highest BCUT2D eigenvalue weighted by molar-refractivity contribution is 5.94. The number of carbonyl (C=O) groups excluding carboxylic acids is 3. The molecule has 0 aliphatic carbocycles. The molecule has 7 N–H and O–H groups in total. The van der Waals surface area contributed by atoms with Crippen LogP contribution >= 0.6 is 0 Å². The van der Waals surface area contributed by atoms with Gasteiger partial charge in [0.2, 0.25) is 17.7 Å². The number of nitrogens with one attached hydrogen (secondary N) is 3. The van der Waals surface area contributed by atoms with Crippen molar-refractivity contribution in [3.8, 4) is 0 Å². The molecular formula is C19H34N4O7. The Hall–Kier alpha value is -2.69. The minimum absolute atomic E-state index is 0.153. The van der Waals surface area contributed by atoms with Gasteiger partial charge in [-0.1, -0.05) is 34.1 Å². The van der Waals surface area contributed by atoms with E-state index in [4.69, 9.17) is 15.9 Å². The van der Waals surface area contributed by atoms with Crippen LogP contribution in [-0.4, -0.2) is 64.0 Å². The highest BCUT2D eigenvalue weighted by Gasteiger charge is 2.31. The van der Waals surface area contributed by atoms with Gasteiger partial charge in [-0.3, -0.25) is 24.0 Å². The van der Waals surface area contributed by atoms with Gasteiger partial charge in [0.25, 0.3) is 0 Å². The van der Waals surface area contributed by atoms with E-state index in [9.17, 15) is 24.0 Å². The Bertz CT molecular complexity index is 638. The maximum atomic E-state index is 12.7. The lowest BCUT2D eigenvalue weighted by Crippen LogP contribution is -2.58. The van der Waals surface area contributed by atoms with Crippen molar-refractivity contribution < 1.29 is 34.2 Å². The molecule has 0 bridgehead atoms. The molecule has 0 spiro atoms. The second kappa shape index (κ2) is 12.8. The Labute approximate surface area is 176 Å². The van der Waals surface area contributed by atoms with Crippen molar-refractivity contribution in [2.24, 2.45) is 17.6 Å². The van der Waals surface area contributed by atoms with Crippen molar-refractivity contribution in [3.63, 3.8) is 0 Å². The summed E-state index contributed by atoms with van der Waals surface area (Å²) in [6.07, 6.45) is 0.0571. The lowest BCUT2D eigenvalue weighted by molar-refractivity contribution is -0.142. The van der Waals surface area contributed by atoms with Crippen LogP contribution in [0, 0.1) is 11.8 Å². The van der Waals surface area contributed by atoms with E-state index in [1.807, 2.05) is 6.92 Å². The third kappa shape index (κ3) is 9.21. The number of aliphatic carboxylic acids is 2. The monoisotopic (exact) mass is 430 g/mol. The number of carboxylic acid groups (broad SMARTS) is 2. The maximum absolute atomic E-state index is 12.7. The molecule has 0 aromatic heterocycles. The van der Waals surface area contributed by atoms with Crippen LogP contribution in [-0.2, 0) is 24.0 Å². The second-order valence-corrected chi connectivity index (χ2v) is 7.70. The SMILES string of the molecule is CCC(C)C(N)C(=O)NC(CCC(=O)O)C(=O)NC(C(=O)NC(C)C(=O)O)C(C)C. The molecule has 3 amide bonds. The molecule has 30 heavy (non-hydrogen) atoms. The fourth-order valence-electron chi connectivity index (χ4n) is 2.47. The average molecular weight is 431 g/mol. The Balaban J connectivity index is 5.38. The van der Waals surface area contributed by atoms with E-state index < -0.39 is 59.7 Å². The van der Waals surface area contributed by atoms with E-state index in [0.29, 0.717) is 6.42 Å². The van der Waals surface area contributed by atoms with Gasteiger partial charge in [0, 0.05) is 6.42 Å². The summed E-state index contributed by atoms with van der Waals surface area (Å²) in [4.78, 5) is 59.4. The van der Waals surface area contributed by atoms with Gasteiger partial charge in [-0.05, 0) is 25.2 Å². The predicted octanol–water partition coefficient (Wildman–Crippen LogP) is -0.560. The lowest BCUT2D eigenvalue weighted by atomic mass is 9.98. The normalized spacial score (nSPS) is 16.0. The molecular weight excluding hydrogens is 396 g/mol. The van der Waals surface area contributed by atoms with Gasteiger partial charge in [-0.2, -0.15) is 0 Å². The highest BCUT2D eigenvalue weighted by atomic mass is 16.4. The van der Waals surface area contributed by atoms with E-state index in [2.05, 4.69) is 16.0 Å². The fourth-order valence-corrected chi connectivity index (χ4v) is 2.47. The van der Waals surface area contributed by atoms with E-state index in [1.165, 1.54) is 6.92 Å². The Morgan fingerprint density at radius 2 is 1.43 bits per heavy atom. The van der Waals surface area contributed by atoms with Crippen LogP contribution in [0.15, 0.2) is 0 Å². The van der Waals surface area contributed by atoms with Crippen molar-refractivity contribution in [1.29, 1.82) is 0 Å². The quantitative estimate of drug-likeness (QED) is 0.224. The molecule has 0 aromatic carbocycles. The third-order valence-corrected chi connectivity index (χ3v) is 4.82. The number of rotatable bonds is 13. The molecule has 0 aliphatic heterocycles. The third-order valence-electron chi connectivity index (χ3n) is 4.82. The zero-order valence-corrected chi connectivity index (χ0v) is 18.1. The molecule has 0 aromatic rings. The first-order chi connectivity index (χ1) is 13.8. The topological polar surface area (TPSA) is 188 Å². The summed E-state index contributed by atoms with van der Waals surface area (Å²) < 4.78 is 0. The van der Waals surface area contributed by atoms with Gasteiger partial charge in [-0.15, -0.1) is 0 Å². The molecule has 5 unspecified atom stereocenters. The van der Waals surface area contributed by atoms with Crippen LogP contribution < -0.4 is 21.7 Å². The molecule has 0 rings (SSSR count). The summed E-state index contributed by atoms with van der Waals surface area (Å²) in [7, 11) is 0. The summed E-state index contributed by atoms with van der Waals surface area (Å²) in [5.74, 6) is -4.98. The van der Waals surface area contributed by atoms with Crippen molar-refractivity contribution >= 4 is 29.7 Å². The highest BCUT2D eigenvalue weighted by Crippen LogP contribution is 2.08. The first-order valence-electron chi connectivity index (χ1n) is 9.93.